The zero-order valence-corrected chi connectivity index (χ0v) is 17.8. The number of amides is 1. The van der Waals surface area contributed by atoms with E-state index in [4.69, 9.17) is 9.47 Å². The molecule has 0 radical (unpaired) electrons. The molecule has 1 heterocycles. The van der Waals surface area contributed by atoms with Crippen LogP contribution in [0.5, 0.6) is 11.5 Å². The second-order valence-electron chi connectivity index (χ2n) is 7.38. The number of carbonyl (C=O) groups is 1. The molecule has 0 aliphatic carbocycles. The van der Waals surface area contributed by atoms with Crippen LogP contribution in [0.15, 0.2) is 83.5 Å². The third-order valence-corrected chi connectivity index (χ3v) is 5.04. The van der Waals surface area contributed by atoms with Crippen molar-refractivity contribution in [2.75, 3.05) is 12.1 Å². The molecule has 0 unspecified atom stereocenters. The molecule has 5 nitrogen and oxygen atoms in total. The average Bonchev–Trinajstić information content (AvgIpc) is 3.07. The number of hydrogen-bond donors (Lipinski definition) is 0. The summed E-state index contributed by atoms with van der Waals surface area (Å²) in [6, 6.07) is 23.2. The fourth-order valence-electron chi connectivity index (χ4n) is 3.45. The predicted molar refractivity (Wildman–Crippen MR) is 124 cm³/mol. The van der Waals surface area contributed by atoms with E-state index in [0.717, 1.165) is 16.8 Å². The van der Waals surface area contributed by atoms with Crippen molar-refractivity contribution in [3.05, 3.63) is 95.1 Å². The highest BCUT2D eigenvalue weighted by Gasteiger charge is 2.28. The zero-order chi connectivity index (χ0) is 21.8. The van der Waals surface area contributed by atoms with Crippen molar-refractivity contribution in [2.24, 2.45) is 5.10 Å². The summed E-state index contributed by atoms with van der Waals surface area (Å²) in [6.07, 6.45) is 1.83. The van der Waals surface area contributed by atoms with E-state index in [1.807, 2.05) is 73.7 Å². The molecule has 5 heteroatoms. The lowest BCUT2D eigenvalue weighted by molar-refractivity contribution is -0.114. The lowest BCUT2D eigenvalue weighted by Gasteiger charge is -2.12. The van der Waals surface area contributed by atoms with Gasteiger partial charge in [-0.05, 0) is 55.3 Å². The molecule has 0 atom stereocenters. The summed E-state index contributed by atoms with van der Waals surface area (Å²) in [6.45, 7) is 4.35. The molecule has 0 saturated heterocycles. The van der Waals surface area contributed by atoms with E-state index in [-0.39, 0.29) is 5.91 Å². The van der Waals surface area contributed by atoms with E-state index in [1.165, 1.54) is 10.6 Å². The van der Waals surface area contributed by atoms with Crippen LogP contribution in [0.4, 0.5) is 5.69 Å². The van der Waals surface area contributed by atoms with Crippen LogP contribution in [0, 0.1) is 6.92 Å². The molecule has 3 aromatic rings. The first-order valence-corrected chi connectivity index (χ1v) is 10.1. The van der Waals surface area contributed by atoms with Crippen LogP contribution in [-0.2, 0) is 11.4 Å². The van der Waals surface area contributed by atoms with Gasteiger partial charge in [-0.15, -0.1) is 0 Å². The normalized spacial score (nSPS) is 14.7. The molecular weight excluding hydrogens is 388 g/mol. The maximum Gasteiger partial charge on any atom is 0.280 e. The van der Waals surface area contributed by atoms with Gasteiger partial charge >= 0.3 is 0 Å². The van der Waals surface area contributed by atoms with Crippen molar-refractivity contribution in [2.45, 2.75) is 20.5 Å². The quantitative estimate of drug-likeness (QED) is 0.510. The van der Waals surface area contributed by atoms with E-state index in [1.54, 1.807) is 7.11 Å². The van der Waals surface area contributed by atoms with E-state index in [0.29, 0.717) is 29.4 Å². The number of ether oxygens (including phenoxy) is 2. The van der Waals surface area contributed by atoms with Gasteiger partial charge in [-0.1, -0.05) is 54.1 Å². The summed E-state index contributed by atoms with van der Waals surface area (Å²) in [5.74, 6) is 1.12. The highest BCUT2D eigenvalue weighted by Crippen LogP contribution is 2.31. The summed E-state index contributed by atoms with van der Waals surface area (Å²) in [5, 5.41) is 5.85. The Morgan fingerprint density at radius 3 is 2.48 bits per heavy atom. The first kappa shape index (κ1) is 20.4. The minimum Gasteiger partial charge on any atom is -0.493 e. The number of para-hydroxylation sites is 1. The van der Waals surface area contributed by atoms with Crippen LogP contribution in [0.2, 0.25) is 0 Å². The molecule has 0 bridgehead atoms. The van der Waals surface area contributed by atoms with Crippen molar-refractivity contribution in [1.82, 2.24) is 0 Å². The molecule has 0 fully saturated rings. The molecule has 156 valence electrons. The third kappa shape index (κ3) is 4.51. The second kappa shape index (κ2) is 8.88. The van der Waals surface area contributed by atoms with Crippen molar-refractivity contribution in [3.63, 3.8) is 0 Å². The molecule has 1 aliphatic heterocycles. The maximum atomic E-state index is 12.9. The lowest BCUT2D eigenvalue weighted by Crippen LogP contribution is -2.21. The Kier molecular flexibility index (Phi) is 5.85. The van der Waals surface area contributed by atoms with Gasteiger partial charge in [0, 0.05) is 0 Å². The Balaban J connectivity index is 1.54. The molecule has 0 aromatic heterocycles. The Hall–Kier alpha value is -3.86. The molecule has 4 rings (SSSR count). The minimum atomic E-state index is -0.151. The highest BCUT2D eigenvalue weighted by molar-refractivity contribution is 6.32. The van der Waals surface area contributed by atoms with Crippen LogP contribution in [0.25, 0.3) is 6.08 Å². The molecule has 31 heavy (non-hydrogen) atoms. The van der Waals surface area contributed by atoms with Gasteiger partial charge in [0.25, 0.3) is 5.91 Å². The Bertz CT molecular complexity index is 1170. The molecular formula is C26H24N2O3. The van der Waals surface area contributed by atoms with E-state index < -0.39 is 0 Å². The summed E-state index contributed by atoms with van der Waals surface area (Å²) in [5.41, 5.74) is 5.10. The first-order valence-electron chi connectivity index (χ1n) is 10.1. The van der Waals surface area contributed by atoms with Crippen molar-refractivity contribution < 1.29 is 14.3 Å². The van der Waals surface area contributed by atoms with Gasteiger partial charge < -0.3 is 9.47 Å². The number of aryl methyl sites for hydroxylation is 1. The van der Waals surface area contributed by atoms with Gasteiger partial charge in [-0.2, -0.15) is 10.1 Å². The van der Waals surface area contributed by atoms with Crippen molar-refractivity contribution in [3.8, 4) is 11.5 Å². The van der Waals surface area contributed by atoms with Gasteiger partial charge in [-0.25, -0.2) is 0 Å². The van der Waals surface area contributed by atoms with E-state index in [9.17, 15) is 4.79 Å². The minimum absolute atomic E-state index is 0.151. The second-order valence-corrected chi connectivity index (χ2v) is 7.38. The Morgan fingerprint density at radius 1 is 0.935 bits per heavy atom. The maximum absolute atomic E-state index is 12.9. The van der Waals surface area contributed by atoms with Crippen molar-refractivity contribution in [1.29, 1.82) is 0 Å². The smallest absolute Gasteiger partial charge is 0.280 e. The number of methoxy groups -OCH3 is 1. The number of anilines is 1. The van der Waals surface area contributed by atoms with Gasteiger partial charge in [0.1, 0.15) is 6.61 Å². The monoisotopic (exact) mass is 412 g/mol. The summed E-state index contributed by atoms with van der Waals surface area (Å²) in [7, 11) is 1.61. The molecule has 0 N–H and O–H groups in total. The third-order valence-electron chi connectivity index (χ3n) is 5.04. The van der Waals surface area contributed by atoms with Crippen LogP contribution in [-0.4, -0.2) is 18.7 Å². The van der Waals surface area contributed by atoms with Crippen LogP contribution in [0.3, 0.4) is 0 Å². The van der Waals surface area contributed by atoms with Crippen LogP contribution < -0.4 is 14.5 Å². The lowest BCUT2D eigenvalue weighted by atomic mass is 10.1. The number of nitrogens with zero attached hydrogens (tertiary/aromatic N) is 2. The van der Waals surface area contributed by atoms with Crippen molar-refractivity contribution >= 4 is 23.4 Å². The van der Waals surface area contributed by atoms with Gasteiger partial charge in [0.15, 0.2) is 11.5 Å². The standard InChI is InChI=1S/C26H24N2O3/c1-18-8-7-9-21(14-18)17-31-24-13-12-20(16-25(24)30-3)15-23-19(2)27-28(26(23)29)22-10-5-4-6-11-22/h4-16H,17H2,1-3H3/b23-15+. The van der Waals surface area contributed by atoms with Gasteiger partial charge in [0.2, 0.25) is 0 Å². The topological polar surface area (TPSA) is 51.1 Å². The fourth-order valence-corrected chi connectivity index (χ4v) is 3.45. The van der Waals surface area contributed by atoms with Crippen LogP contribution >= 0.6 is 0 Å². The average molecular weight is 412 g/mol. The first-order chi connectivity index (χ1) is 15.0. The highest BCUT2D eigenvalue weighted by atomic mass is 16.5. The summed E-state index contributed by atoms with van der Waals surface area (Å²) >= 11 is 0. The van der Waals surface area contributed by atoms with Gasteiger partial charge in [0.05, 0.1) is 24.1 Å². The largest absolute Gasteiger partial charge is 0.493 e. The van der Waals surface area contributed by atoms with E-state index >= 15 is 0 Å². The Morgan fingerprint density at radius 2 is 1.74 bits per heavy atom. The molecule has 0 spiro atoms. The number of benzene rings is 3. The number of carbonyl (C=O) groups excluding carboxylic acids is 1. The van der Waals surface area contributed by atoms with Gasteiger partial charge in [-0.3, -0.25) is 4.79 Å². The number of rotatable bonds is 6. The number of hydrogen-bond acceptors (Lipinski definition) is 4. The number of hydrazone groups is 1. The zero-order valence-electron chi connectivity index (χ0n) is 17.8. The molecule has 3 aromatic carbocycles. The Labute approximate surface area is 182 Å². The van der Waals surface area contributed by atoms with Crippen LogP contribution in [0.1, 0.15) is 23.6 Å². The predicted octanol–water partition coefficient (Wildman–Crippen LogP) is 5.39. The molecule has 0 saturated carbocycles. The van der Waals surface area contributed by atoms with E-state index in [2.05, 4.69) is 24.2 Å². The fraction of sp³-hybridized carbons (Fsp3) is 0.154. The molecule has 1 amide bonds. The molecule has 1 aliphatic rings. The summed E-state index contributed by atoms with van der Waals surface area (Å²) < 4.78 is 11.5. The summed E-state index contributed by atoms with van der Waals surface area (Å²) in [4.78, 5) is 12.9. The SMILES string of the molecule is COc1cc(/C=C2/C(=O)N(c3ccccc3)N=C2C)ccc1OCc1cccc(C)c1.